The molecule has 0 bridgehead atoms. The van der Waals surface area contributed by atoms with Crippen LogP contribution in [-0.2, 0) is 20.0 Å². The van der Waals surface area contributed by atoms with E-state index >= 15 is 0 Å². The molecule has 0 aromatic heterocycles. The van der Waals surface area contributed by atoms with Crippen molar-refractivity contribution in [3.05, 3.63) is 69.8 Å². The Morgan fingerprint density at radius 3 is 2.42 bits per heavy atom. The monoisotopic (exact) mass is 466 g/mol. The molecule has 0 amide bonds. The first kappa shape index (κ1) is 22.7. The first-order chi connectivity index (χ1) is 14.5. The summed E-state index contributed by atoms with van der Waals surface area (Å²) in [7, 11) is -7.15. The summed E-state index contributed by atoms with van der Waals surface area (Å²) in [5, 5.41) is 15.5. The molecule has 1 N–H and O–H groups in total. The van der Waals surface area contributed by atoms with Gasteiger partial charge in [0, 0.05) is 24.2 Å². The molecule has 3 rings (SSSR count). The Morgan fingerprint density at radius 1 is 1.16 bits per heavy atom. The largest absolute Gasteiger partial charge is 0.284 e. The van der Waals surface area contributed by atoms with Gasteiger partial charge in [0.2, 0.25) is 20.0 Å². The Hall–Kier alpha value is -2.99. The molecule has 2 aromatic carbocycles. The van der Waals surface area contributed by atoms with Crippen molar-refractivity contribution < 1.29 is 21.8 Å². The van der Waals surface area contributed by atoms with Crippen molar-refractivity contribution in [1.29, 1.82) is 0 Å². The lowest BCUT2D eigenvalue weighted by atomic mass is 9.99. The maximum Gasteiger partial charge on any atom is 0.269 e. The van der Waals surface area contributed by atoms with Crippen molar-refractivity contribution >= 4 is 37.1 Å². The highest BCUT2D eigenvalue weighted by atomic mass is 32.2. The number of nitrogens with one attached hydrogen (secondary N) is 1. The second-order valence-electron chi connectivity index (χ2n) is 7.16. The number of anilines is 1. The molecule has 1 aliphatic rings. The Bertz CT molecular complexity index is 1220. The molecule has 166 valence electrons. The second kappa shape index (κ2) is 8.63. The number of nitrogens with zero attached hydrogens (tertiary/aromatic N) is 3. The van der Waals surface area contributed by atoms with Crippen molar-refractivity contribution in [2.24, 2.45) is 5.10 Å². The lowest BCUT2D eigenvalue weighted by Crippen LogP contribution is -2.29. The van der Waals surface area contributed by atoms with Gasteiger partial charge in [-0.1, -0.05) is 31.2 Å². The van der Waals surface area contributed by atoms with Crippen LogP contribution in [0, 0.1) is 10.1 Å². The number of hydrazone groups is 1. The Kier molecular flexibility index (Phi) is 6.32. The zero-order chi connectivity index (χ0) is 22.8. The fraction of sp³-hybridized carbons (Fsp3) is 0.316. The minimum atomic E-state index is -3.73. The van der Waals surface area contributed by atoms with E-state index in [2.05, 4.69) is 9.82 Å². The van der Waals surface area contributed by atoms with Crippen LogP contribution in [0.2, 0.25) is 0 Å². The van der Waals surface area contributed by atoms with E-state index in [4.69, 9.17) is 0 Å². The Balaban J connectivity index is 1.98. The number of hydrogen-bond donors (Lipinski definition) is 1. The number of rotatable bonds is 8. The molecule has 0 fully saturated rings. The fourth-order valence-corrected chi connectivity index (χ4v) is 5.38. The van der Waals surface area contributed by atoms with E-state index in [1.54, 1.807) is 37.3 Å². The molecule has 0 spiro atoms. The predicted octanol–water partition coefficient (Wildman–Crippen LogP) is 2.86. The molecular weight excluding hydrogens is 444 g/mol. The SMILES string of the molecule is CCCS(=O)(=O)N1N=C(c2ccc(NS(C)(=O)=O)cc2)CC1c1cccc([N+](=O)[O-])c1. The van der Waals surface area contributed by atoms with Crippen LogP contribution in [0.1, 0.15) is 36.9 Å². The molecular formula is C19H22N4O6S2. The lowest BCUT2D eigenvalue weighted by molar-refractivity contribution is -0.384. The Morgan fingerprint density at radius 2 is 1.84 bits per heavy atom. The molecule has 0 saturated carbocycles. The van der Waals surface area contributed by atoms with Gasteiger partial charge in [-0.25, -0.2) is 16.8 Å². The summed E-state index contributed by atoms with van der Waals surface area (Å²) in [4.78, 5) is 10.6. The van der Waals surface area contributed by atoms with Gasteiger partial charge < -0.3 is 0 Å². The second-order valence-corrected chi connectivity index (χ2v) is 10.9. The van der Waals surface area contributed by atoms with Crippen LogP contribution in [0.4, 0.5) is 11.4 Å². The van der Waals surface area contributed by atoms with Crippen LogP contribution in [0.5, 0.6) is 0 Å². The fourth-order valence-electron chi connectivity index (χ4n) is 3.31. The smallest absolute Gasteiger partial charge is 0.269 e. The third-order valence-corrected chi connectivity index (χ3v) is 7.04. The number of non-ortho nitro benzene ring substituents is 1. The van der Waals surface area contributed by atoms with Gasteiger partial charge in [-0.15, -0.1) is 0 Å². The molecule has 1 heterocycles. The van der Waals surface area contributed by atoms with Crippen LogP contribution in [0.15, 0.2) is 53.6 Å². The van der Waals surface area contributed by atoms with E-state index in [1.165, 1.54) is 18.2 Å². The standard InChI is InChI=1S/C19H22N4O6S2/c1-3-11-31(28,29)22-19(15-5-4-6-17(12-15)23(24)25)13-18(20-22)14-7-9-16(10-8-14)21-30(2,26)27/h4-10,12,19,21H,3,11,13H2,1-2H3. The summed E-state index contributed by atoms with van der Waals surface area (Å²) in [6.07, 6.45) is 1.67. The van der Waals surface area contributed by atoms with Gasteiger partial charge in [0.05, 0.1) is 28.7 Å². The van der Waals surface area contributed by atoms with Crippen LogP contribution in [-0.4, -0.2) is 43.9 Å². The van der Waals surface area contributed by atoms with Gasteiger partial charge >= 0.3 is 0 Å². The summed E-state index contributed by atoms with van der Waals surface area (Å²) in [5.41, 5.74) is 1.83. The predicted molar refractivity (Wildman–Crippen MR) is 118 cm³/mol. The summed E-state index contributed by atoms with van der Waals surface area (Å²) in [5.74, 6) is -0.105. The number of benzene rings is 2. The number of hydrogen-bond acceptors (Lipinski definition) is 7. The number of nitro groups is 1. The summed E-state index contributed by atoms with van der Waals surface area (Å²) in [6.45, 7) is 1.74. The highest BCUT2D eigenvalue weighted by Crippen LogP contribution is 2.36. The molecule has 1 atom stereocenters. The van der Waals surface area contributed by atoms with Gasteiger partial charge in [0.1, 0.15) is 0 Å². The normalized spacial score (nSPS) is 16.8. The number of nitro benzene ring substituents is 1. The quantitative estimate of drug-likeness (QED) is 0.469. The molecule has 10 nitrogen and oxygen atoms in total. The summed E-state index contributed by atoms with van der Waals surface area (Å²) in [6, 6.07) is 11.6. The summed E-state index contributed by atoms with van der Waals surface area (Å²) < 4.78 is 51.8. The van der Waals surface area contributed by atoms with Gasteiger partial charge in [-0.2, -0.15) is 9.52 Å². The van der Waals surface area contributed by atoms with Crippen LogP contribution < -0.4 is 4.72 Å². The van der Waals surface area contributed by atoms with Gasteiger partial charge in [0.25, 0.3) is 5.69 Å². The van der Waals surface area contributed by atoms with Gasteiger partial charge in [-0.3, -0.25) is 14.8 Å². The highest BCUT2D eigenvalue weighted by molar-refractivity contribution is 7.92. The molecule has 0 aliphatic carbocycles. The maximum absolute atomic E-state index is 12.8. The van der Waals surface area contributed by atoms with Crippen molar-refractivity contribution in [1.82, 2.24) is 4.41 Å². The zero-order valence-electron chi connectivity index (χ0n) is 16.9. The minimum Gasteiger partial charge on any atom is -0.284 e. The molecule has 2 aromatic rings. The topological polar surface area (TPSA) is 139 Å². The molecule has 31 heavy (non-hydrogen) atoms. The van der Waals surface area contributed by atoms with Crippen molar-refractivity contribution in [2.75, 3.05) is 16.7 Å². The van der Waals surface area contributed by atoms with E-state index in [-0.39, 0.29) is 17.9 Å². The molecule has 1 unspecified atom stereocenters. The molecule has 12 heteroatoms. The van der Waals surface area contributed by atoms with Crippen molar-refractivity contribution in [2.45, 2.75) is 25.8 Å². The van der Waals surface area contributed by atoms with E-state index in [0.717, 1.165) is 10.7 Å². The van der Waals surface area contributed by atoms with Crippen LogP contribution >= 0.6 is 0 Å². The number of sulfonamides is 2. The molecule has 0 saturated heterocycles. The van der Waals surface area contributed by atoms with E-state index < -0.39 is 31.0 Å². The maximum atomic E-state index is 12.8. The van der Waals surface area contributed by atoms with E-state index in [0.29, 0.717) is 28.9 Å². The average Bonchev–Trinajstić information content (AvgIpc) is 3.14. The van der Waals surface area contributed by atoms with Crippen molar-refractivity contribution in [3.8, 4) is 0 Å². The Labute approximate surface area is 180 Å². The van der Waals surface area contributed by atoms with Crippen LogP contribution in [0.3, 0.4) is 0 Å². The summed E-state index contributed by atoms with van der Waals surface area (Å²) >= 11 is 0. The highest BCUT2D eigenvalue weighted by Gasteiger charge is 2.36. The first-order valence-electron chi connectivity index (χ1n) is 9.42. The third kappa shape index (κ3) is 5.39. The average molecular weight is 467 g/mol. The molecule has 0 radical (unpaired) electrons. The third-order valence-electron chi connectivity index (χ3n) is 4.61. The zero-order valence-corrected chi connectivity index (χ0v) is 18.6. The van der Waals surface area contributed by atoms with Crippen LogP contribution in [0.25, 0.3) is 0 Å². The molecule has 1 aliphatic heterocycles. The minimum absolute atomic E-state index is 0.105. The van der Waals surface area contributed by atoms with E-state index in [9.17, 15) is 26.9 Å². The first-order valence-corrected chi connectivity index (χ1v) is 12.9. The lowest BCUT2D eigenvalue weighted by Gasteiger charge is -2.23. The van der Waals surface area contributed by atoms with Gasteiger partial charge in [-0.05, 0) is 29.7 Å². The van der Waals surface area contributed by atoms with Crippen molar-refractivity contribution in [3.63, 3.8) is 0 Å². The van der Waals surface area contributed by atoms with Gasteiger partial charge in [0.15, 0.2) is 0 Å². The van der Waals surface area contributed by atoms with E-state index in [1.807, 2.05) is 0 Å².